The van der Waals surface area contributed by atoms with E-state index in [1.807, 2.05) is 0 Å². The molecule has 0 aromatic heterocycles. The van der Waals surface area contributed by atoms with Crippen LogP contribution in [0.4, 0.5) is 5.69 Å². The molecule has 7 heteroatoms. The summed E-state index contributed by atoms with van der Waals surface area (Å²) in [7, 11) is 0. The van der Waals surface area contributed by atoms with E-state index in [-0.39, 0.29) is 16.5 Å². The minimum Gasteiger partial charge on any atom is -0.448 e. The molecule has 1 N–H and O–H groups in total. The highest BCUT2D eigenvalue weighted by atomic mass is 79.9. The van der Waals surface area contributed by atoms with Crippen LogP contribution in [0.3, 0.4) is 0 Å². The van der Waals surface area contributed by atoms with Crippen LogP contribution in [-0.2, 0) is 0 Å². The van der Waals surface area contributed by atoms with Crippen LogP contribution >= 0.6 is 27.5 Å². The summed E-state index contributed by atoms with van der Waals surface area (Å²) in [6.07, 6.45) is -0.636. The van der Waals surface area contributed by atoms with Gasteiger partial charge >= 0.3 is 5.69 Å². The number of nitro benzene ring substituents is 1. The van der Waals surface area contributed by atoms with Crippen LogP contribution in [0.1, 0.15) is 18.6 Å². The average Bonchev–Trinajstić information content (AvgIpc) is 2.40. The fourth-order valence-corrected chi connectivity index (χ4v) is 2.67. The van der Waals surface area contributed by atoms with Gasteiger partial charge in [-0.25, -0.2) is 0 Å². The molecule has 0 spiro atoms. The highest BCUT2D eigenvalue weighted by Gasteiger charge is 2.19. The molecule has 0 bridgehead atoms. The van der Waals surface area contributed by atoms with E-state index >= 15 is 0 Å². The molecule has 2 aromatic rings. The highest BCUT2D eigenvalue weighted by molar-refractivity contribution is 9.10. The predicted molar refractivity (Wildman–Crippen MR) is 83.0 cm³/mol. The molecule has 0 saturated heterocycles. The number of ether oxygens (including phenoxy) is 1. The molecule has 0 aliphatic heterocycles. The van der Waals surface area contributed by atoms with Gasteiger partial charge in [0.2, 0.25) is 5.75 Å². The first kappa shape index (κ1) is 15.8. The zero-order valence-electron chi connectivity index (χ0n) is 10.9. The fraction of sp³-hybridized carbons (Fsp3) is 0.143. The van der Waals surface area contributed by atoms with E-state index in [1.165, 1.54) is 18.2 Å². The Bertz CT molecular complexity index is 691. The van der Waals surface area contributed by atoms with Crippen molar-refractivity contribution in [1.29, 1.82) is 0 Å². The third-order valence-corrected chi connectivity index (χ3v) is 3.77. The van der Waals surface area contributed by atoms with Gasteiger partial charge in [0.05, 0.1) is 16.0 Å². The van der Waals surface area contributed by atoms with E-state index in [0.29, 0.717) is 15.8 Å². The number of aliphatic hydroxyl groups is 1. The summed E-state index contributed by atoms with van der Waals surface area (Å²) in [4.78, 5) is 10.4. The fourth-order valence-electron chi connectivity index (χ4n) is 1.77. The summed E-state index contributed by atoms with van der Waals surface area (Å²) in [5, 5.41) is 20.7. The van der Waals surface area contributed by atoms with Gasteiger partial charge < -0.3 is 9.84 Å². The van der Waals surface area contributed by atoms with Gasteiger partial charge in [0.15, 0.2) is 0 Å². The molecule has 0 fully saturated rings. The molecule has 0 aliphatic carbocycles. The van der Waals surface area contributed by atoms with Gasteiger partial charge in [-0.1, -0.05) is 39.7 Å². The smallest absolute Gasteiger partial charge is 0.313 e. The number of nitrogens with zero attached hydrogens (tertiary/aromatic N) is 1. The lowest BCUT2D eigenvalue weighted by Crippen LogP contribution is -1.96. The van der Waals surface area contributed by atoms with Crippen molar-refractivity contribution in [3.63, 3.8) is 0 Å². The number of benzene rings is 2. The quantitative estimate of drug-likeness (QED) is 0.614. The first-order valence-electron chi connectivity index (χ1n) is 5.98. The number of aliphatic hydroxyl groups excluding tert-OH is 1. The summed E-state index contributed by atoms with van der Waals surface area (Å²) in [6.45, 7) is 1.64. The van der Waals surface area contributed by atoms with Crippen LogP contribution in [0, 0.1) is 10.1 Å². The van der Waals surface area contributed by atoms with E-state index in [9.17, 15) is 15.2 Å². The van der Waals surface area contributed by atoms with Crippen molar-refractivity contribution < 1.29 is 14.8 Å². The zero-order chi connectivity index (χ0) is 15.6. The summed E-state index contributed by atoms with van der Waals surface area (Å²) in [6, 6.07) is 9.23. The molecule has 21 heavy (non-hydrogen) atoms. The molecule has 2 aromatic carbocycles. The zero-order valence-corrected chi connectivity index (χ0v) is 13.3. The average molecular weight is 373 g/mol. The second-order valence-electron chi connectivity index (χ2n) is 4.31. The van der Waals surface area contributed by atoms with Gasteiger partial charge in [-0.15, -0.1) is 0 Å². The van der Waals surface area contributed by atoms with Crippen LogP contribution in [0.5, 0.6) is 11.5 Å². The Balaban J connectivity index is 2.39. The lowest BCUT2D eigenvalue weighted by atomic mass is 10.1. The van der Waals surface area contributed by atoms with Gasteiger partial charge in [-0.3, -0.25) is 10.1 Å². The van der Waals surface area contributed by atoms with E-state index in [0.717, 1.165) is 0 Å². The molecular formula is C14H11BrClNO4. The van der Waals surface area contributed by atoms with Crippen LogP contribution < -0.4 is 4.74 Å². The lowest BCUT2D eigenvalue weighted by molar-refractivity contribution is -0.385. The van der Waals surface area contributed by atoms with Gasteiger partial charge in [-0.05, 0) is 30.7 Å². The van der Waals surface area contributed by atoms with Gasteiger partial charge in [0, 0.05) is 10.5 Å². The molecule has 5 nitrogen and oxygen atoms in total. The van der Waals surface area contributed by atoms with Crippen LogP contribution in [0.15, 0.2) is 40.9 Å². The summed E-state index contributed by atoms with van der Waals surface area (Å²) in [5.74, 6) is 0.364. The van der Waals surface area contributed by atoms with Gasteiger partial charge in [0.1, 0.15) is 5.75 Å². The van der Waals surface area contributed by atoms with Crippen molar-refractivity contribution >= 4 is 33.2 Å². The third kappa shape index (κ3) is 3.53. The van der Waals surface area contributed by atoms with Crippen molar-refractivity contribution in [2.75, 3.05) is 0 Å². The number of rotatable bonds is 4. The summed E-state index contributed by atoms with van der Waals surface area (Å²) < 4.78 is 6.18. The van der Waals surface area contributed by atoms with Crippen LogP contribution in [0.2, 0.25) is 5.02 Å². The molecule has 0 radical (unpaired) electrons. The SMILES string of the molecule is CC(O)c1ccc(Oc2c(Cl)cccc2[N+](=O)[O-])cc1Br. The Hall–Kier alpha value is -1.63. The maximum absolute atomic E-state index is 11.0. The summed E-state index contributed by atoms with van der Waals surface area (Å²) >= 11 is 9.28. The Morgan fingerprint density at radius 3 is 2.67 bits per heavy atom. The topological polar surface area (TPSA) is 72.6 Å². The first-order valence-corrected chi connectivity index (χ1v) is 7.15. The highest BCUT2D eigenvalue weighted by Crippen LogP contribution is 2.39. The molecule has 0 saturated carbocycles. The van der Waals surface area contributed by atoms with Gasteiger partial charge in [-0.2, -0.15) is 0 Å². The minimum absolute atomic E-state index is 0.0131. The first-order chi connectivity index (χ1) is 9.90. The van der Waals surface area contributed by atoms with Crippen LogP contribution in [0.25, 0.3) is 0 Å². The molecular weight excluding hydrogens is 362 g/mol. The van der Waals surface area contributed by atoms with Crippen molar-refractivity contribution in [1.82, 2.24) is 0 Å². The number of hydrogen-bond donors (Lipinski definition) is 1. The molecule has 110 valence electrons. The maximum atomic E-state index is 11.0. The van der Waals surface area contributed by atoms with Crippen molar-refractivity contribution in [3.05, 3.63) is 61.6 Å². The maximum Gasteiger partial charge on any atom is 0.313 e. The van der Waals surface area contributed by atoms with Crippen molar-refractivity contribution in [2.24, 2.45) is 0 Å². The predicted octanol–water partition coefficient (Wildman–Crippen LogP) is 4.86. The Kier molecular flexibility index (Phi) is 4.82. The Morgan fingerprint density at radius 1 is 1.38 bits per heavy atom. The van der Waals surface area contributed by atoms with Crippen LogP contribution in [-0.4, -0.2) is 10.0 Å². The molecule has 0 aliphatic rings. The number of halogens is 2. The number of hydrogen-bond acceptors (Lipinski definition) is 4. The van der Waals surface area contributed by atoms with Gasteiger partial charge in [0.25, 0.3) is 0 Å². The lowest BCUT2D eigenvalue weighted by Gasteiger charge is -2.11. The molecule has 2 rings (SSSR count). The number of para-hydroxylation sites is 1. The van der Waals surface area contributed by atoms with E-state index in [4.69, 9.17) is 16.3 Å². The van der Waals surface area contributed by atoms with E-state index < -0.39 is 11.0 Å². The summed E-state index contributed by atoms with van der Waals surface area (Å²) in [5.41, 5.74) is 0.481. The second kappa shape index (κ2) is 6.43. The number of nitro groups is 1. The molecule has 1 atom stereocenters. The molecule has 0 amide bonds. The molecule has 1 unspecified atom stereocenters. The van der Waals surface area contributed by atoms with E-state index in [2.05, 4.69) is 15.9 Å². The van der Waals surface area contributed by atoms with Crippen molar-refractivity contribution in [3.8, 4) is 11.5 Å². The Labute approximate surface area is 134 Å². The normalized spacial score (nSPS) is 12.0. The second-order valence-corrected chi connectivity index (χ2v) is 5.57. The Morgan fingerprint density at radius 2 is 2.10 bits per heavy atom. The van der Waals surface area contributed by atoms with Crippen molar-refractivity contribution in [2.45, 2.75) is 13.0 Å². The minimum atomic E-state index is -0.636. The standard InChI is InChI=1S/C14H11BrClNO4/c1-8(18)10-6-5-9(7-11(10)15)21-14-12(16)3-2-4-13(14)17(19)20/h2-8,18H,1H3. The third-order valence-electron chi connectivity index (χ3n) is 2.78. The monoisotopic (exact) mass is 371 g/mol. The van der Waals surface area contributed by atoms with E-state index in [1.54, 1.807) is 25.1 Å². The molecule has 0 heterocycles. The largest absolute Gasteiger partial charge is 0.448 e.